The van der Waals surface area contributed by atoms with Crippen LogP contribution in [0.1, 0.15) is 0 Å². The quantitative estimate of drug-likeness (QED) is 0.235. The Morgan fingerprint density at radius 3 is 2.73 bits per heavy atom. The summed E-state index contributed by atoms with van der Waals surface area (Å²) in [4.78, 5) is 0. The van der Waals surface area contributed by atoms with Gasteiger partial charge >= 0.3 is 0 Å². The van der Waals surface area contributed by atoms with E-state index in [9.17, 15) is 0 Å². The normalized spacial score (nSPS) is 33.1. The molecule has 2 aliphatic heterocycles. The molecule has 2 heterocycles. The number of hydrogen-bond donors (Lipinski definition) is 0. The second-order valence-corrected chi connectivity index (χ2v) is 2.63. The number of epoxide rings is 2. The summed E-state index contributed by atoms with van der Waals surface area (Å²) in [5.74, 6) is 0. The van der Waals surface area contributed by atoms with Gasteiger partial charge in [-0.2, -0.15) is 0 Å². The Hall–Kier alpha value is -0.290. The smallest absolute Gasteiger partial charge is 0.298 e. The fraction of sp³-hybridized carbons (Fsp3) is 0.857. The molecule has 0 N–H and O–H groups in total. The van der Waals surface area contributed by atoms with E-state index < -0.39 is 0 Å². The molecule has 2 aliphatic rings. The predicted molar refractivity (Wildman–Crippen MR) is 35.7 cm³/mol. The van der Waals surface area contributed by atoms with Crippen molar-refractivity contribution < 1.29 is 18.9 Å². The van der Waals surface area contributed by atoms with Crippen molar-refractivity contribution in [2.24, 2.45) is 0 Å². The Morgan fingerprint density at radius 2 is 2.09 bits per heavy atom. The van der Waals surface area contributed by atoms with Gasteiger partial charge in [0.2, 0.25) is 0 Å². The molecule has 2 atom stereocenters. The van der Waals surface area contributed by atoms with Crippen molar-refractivity contribution in [2.45, 2.75) is 12.2 Å². The molecule has 0 amide bonds. The van der Waals surface area contributed by atoms with Gasteiger partial charge in [-0.15, -0.1) is 4.74 Å². The van der Waals surface area contributed by atoms with E-state index in [-0.39, 0.29) is 6.10 Å². The van der Waals surface area contributed by atoms with Crippen LogP contribution in [0.5, 0.6) is 0 Å². The Morgan fingerprint density at radius 1 is 1.36 bits per heavy atom. The lowest BCUT2D eigenvalue weighted by Gasteiger charge is -1.99. The second-order valence-electron chi connectivity index (χ2n) is 2.63. The molecule has 0 spiro atoms. The SMILES string of the molecule is [CH+]1OC1COCOCC1CO1. The van der Waals surface area contributed by atoms with Crippen LogP contribution in [0.15, 0.2) is 0 Å². The van der Waals surface area contributed by atoms with Gasteiger partial charge in [0, 0.05) is 0 Å². The van der Waals surface area contributed by atoms with E-state index in [0.717, 1.165) is 6.61 Å². The third kappa shape index (κ3) is 3.07. The van der Waals surface area contributed by atoms with E-state index >= 15 is 0 Å². The first-order valence-electron chi connectivity index (χ1n) is 3.71. The maximum Gasteiger partial charge on any atom is 0.298 e. The topological polar surface area (TPSA) is 43.5 Å². The molecule has 0 aliphatic carbocycles. The van der Waals surface area contributed by atoms with Crippen LogP contribution in [0.2, 0.25) is 0 Å². The highest BCUT2D eigenvalue weighted by molar-refractivity contribution is 4.81. The lowest BCUT2D eigenvalue weighted by atomic mass is 10.5. The first-order valence-corrected chi connectivity index (χ1v) is 3.71. The summed E-state index contributed by atoms with van der Waals surface area (Å²) in [6.45, 7) is 4.16. The summed E-state index contributed by atoms with van der Waals surface area (Å²) in [6, 6.07) is 0. The Labute approximate surface area is 65.4 Å². The molecule has 0 radical (unpaired) electrons. The summed E-state index contributed by atoms with van der Waals surface area (Å²) in [7, 11) is 0. The summed E-state index contributed by atoms with van der Waals surface area (Å²) in [6.07, 6.45) is 0.526. The van der Waals surface area contributed by atoms with Crippen LogP contribution >= 0.6 is 0 Å². The van der Waals surface area contributed by atoms with Crippen LogP contribution in [0.3, 0.4) is 0 Å². The van der Waals surface area contributed by atoms with Gasteiger partial charge in [0.25, 0.3) is 12.7 Å². The van der Waals surface area contributed by atoms with Crippen molar-refractivity contribution in [3.63, 3.8) is 0 Å². The molecule has 0 bridgehead atoms. The number of hydrogen-bond acceptors (Lipinski definition) is 4. The molecule has 4 heteroatoms. The largest absolute Gasteiger partial charge is 0.371 e. The lowest BCUT2D eigenvalue weighted by molar-refractivity contribution is -0.0610. The molecular formula is C7H11O4+. The zero-order valence-electron chi connectivity index (χ0n) is 6.19. The molecule has 0 aromatic carbocycles. The molecule has 2 saturated heterocycles. The standard InChI is InChI=1S/C7H11O4/c1(6-3-10-6)8-5-9-2-7-4-11-7/h3,6-7H,1-2,4-5H2/q+1. The summed E-state index contributed by atoms with van der Waals surface area (Å²) in [5, 5.41) is 0. The highest BCUT2D eigenvalue weighted by Gasteiger charge is 2.39. The molecule has 2 fully saturated rings. The van der Waals surface area contributed by atoms with E-state index in [1.165, 1.54) is 0 Å². The van der Waals surface area contributed by atoms with E-state index in [2.05, 4.69) is 0 Å². The van der Waals surface area contributed by atoms with Crippen LogP contribution in [0, 0.1) is 6.61 Å². The van der Waals surface area contributed by atoms with Crippen molar-refractivity contribution in [3.05, 3.63) is 6.61 Å². The third-order valence-electron chi connectivity index (χ3n) is 1.48. The molecule has 0 saturated carbocycles. The first kappa shape index (κ1) is 7.36. The van der Waals surface area contributed by atoms with E-state index in [0.29, 0.717) is 26.1 Å². The summed E-state index contributed by atoms with van der Waals surface area (Å²) < 4.78 is 20.0. The van der Waals surface area contributed by atoms with Gasteiger partial charge < -0.3 is 14.2 Å². The van der Waals surface area contributed by atoms with Gasteiger partial charge in [-0.05, 0) is 0 Å². The molecule has 2 unspecified atom stereocenters. The van der Waals surface area contributed by atoms with Gasteiger partial charge in [0.15, 0.2) is 0 Å². The van der Waals surface area contributed by atoms with E-state index in [1.807, 2.05) is 0 Å². The van der Waals surface area contributed by atoms with E-state index in [4.69, 9.17) is 18.9 Å². The van der Waals surface area contributed by atoms with Gasteiger partial charge in [0.1, 0.15) is 19.5 Å². The molecule has 2 rings (SSSR count). The fourth-order valence-electron chi connectivity index (χ4n) is 0.701. The summed E-state index contributed by atoms with van der Waals surface area (Å²) >= 11 is 0. The van der Waals surface area contributed by atoms with Crippen molar-refractivity contribution >= 4 is 0 Å². The van der Waals surface area contributed by atoms with Crippen molar-refractivity contribution in [1.82, 2.24) is 0 Å². The van der Waals surface area contributed by atoms with Crippen LogP contribution in [0.25, 0.3) is 0 Å². The molecule has 4 nitrogen and oxygen atoms in total. The third-order valence-corrected chi connectivity index (χ3v) is 1.48. The van der Waals surface area contributed by atoms with Crippen LogP contribution in [0.4, 0.5) is 0 Å². The maximum absolute atomic E-state index is 5.12. The average molecular weight is 159 g/mol. The lowest BCUT2D eigenvalue weighted by Crippen LogP contribution is -2.08. The van der Waals surface area contributed by atoms with E-state index in [1.54, 1.807) is 6.61 Å². The fourth-order valence-corrected chi connectivity index (χ4v) is 0.701. The molecule has 62 valence electrons. The van der Waals surface area contributed by atoms with Gasteiger partial charge in [-0.25, -0.2) is 0 Å². The highest BCUT2D eigenvalue weighted by atomic mass is 16.7. The Kier molecular flexibility index (Phi) is 2.28. The zero-order chi connectivity index (χ0) is 7.52. The van der Waals surface area contributed by atoms with Crippen molar-refractivity contribution in [2.75, 3.05) is 26.6 Å². The average Bonchev–Trinajstić information content (AvgIpc) is 2.83. The van der Waals surface area contributed by atoms with Gasteiger partial charge in [-0.1, -0.05) is 0 Å². The first-order chi connectivity index (χ1) is 5.45. The zero-order valence-corrected chi connectivity index (χ0v) is 6.19. The van der Waals surface area contributed by atoms with Gasteiger partial charge in [-0.3, -0.25) is 0 Å². The predicted octanol–water partition coefficient (Wildman–Crippen LogP) is -0.0635. The van der Waals surface area contributed by atoms with Crippen LogP contribution in [-0.2, 0) is 18.9 Å². The van der Waals surface area contributed by atoms with Crippen LogP contribution in [-0.4, -0.2) is 38.8 Å². The number of rotatable bonds is 6. The molecule has 0 aromatic rings. The Bertz CT molecular complexity index is 106. The monoisotopic (exact) mass is 159 g/mol. The van der Waals surface area contributed by atoms with Crippen molar-refractivity contribution in [3.8, 4) is 0 Å². The molecule has 11 heavy (non-hydrogen) atoms. The summed E-state index contributed by atoms with van der Waals surface area (Å²) in [5.41, 5.74) is 0. The maximum atomic E-state index is 5.12. The Balaban J connectivity index is 1.35. The minimum absolute atomic E-state index is 0.204. The highest BCUT2D eigenvalue weighted by Crippen LogP contribution is 2.15. The van der Waals surface area contributed by atoms with Crippen LogP contribution < -0.4 is 0 Å². The molecular weight excluding hydrogens is 148 g/mol. The number of ether oxygens (including phenoxy) is 4. The van der Waals surface area contributed by atoms with Crippen molar-refractivity contribution in [1.29, 1.82) is 0 Å². The minimum atomic E-state index is 0.204. The molecule has 0 aromatic heterocycles. The second kappa shape index (κ2) is 3.40. The minimum Gasteiger partial charge on any atom is -0.371 e. The van der Waals surface area contributed by atoms with Gasteiger partial charge in [0.05, 0.1) is 13.2 Å².